The van der Waals surface area contributed by atoms with E-state index in [1.165, 1.54) is 6.92 Å². The van der Waals surface area contributed by atoms with Crippen LogP contribution in [0.25, 0.3) is 0 Å². The van der Waals surface area contributed by atoms with E-state index >= 15 is 0 Å². The minimum atomic E-state index is -0.816. The maximum atomic E-state index is 13.8. The van der Waals surface area contributed by atoms with Crippen molar-refractivity contribution in [3.63, 3.8) is 0 Å². The van der Waals surface area contributed by atoms with E-state index in [9.17, 15) is 18.7 Å². The highest BCUT2D eigenvalue weighted by Crippen LogP contribution is 2.19. The maximum Gasteiger partial charge on any atom is 0.254 e. The van der Waals surface area contributed by atoms with Crippen LogP contribution in [0.1, 0.15) is 27.5 Å². The zero-order valence-corrected chi connectivity index (χ0v) is 12.5. The van der Waals surface area contributed by atoms with Crippen molar-refractivity contribution >= 4 is 17.5 Å². The van der Waals surface area contributed by atoms with Gasteiger partial charge in [-0.3, -0.25) is 4.79 Å². The Morgan fingerprint density at radius 3 is 2.45 bits per heavy atom. The molecule has 6 heteroatoms. The molecule has 0 aliphatic carbocycles. The summed E-state index contributed by atoms with van der Waals surface area (Å²) in [4.78, 5) is 12.1. The second-order valence-corrected chi connectivity index (χ2v) is 5.28. The van der Waals surface area contributed by atoms with Crippen LogP contribution in [0.3, 0.4) is 0 Å². The molecular formula is C16H14ClF2NO2. The molecule has 0 saturated carbocycles. The molecule has 22 heavy (non-hydrogen) atoms. The van der Waals surface area contributed by atoms with Crippen molar-refractivity contribution in [1.82, 2.24) is 5.32 Å². The average molecular weight is 326 g/mol. The number of carbonyl (C=O) groups is 1. The summed E-state index contributed by atoms with van der Waals surface area (Å²) in [5.41, 5.74) is 0.314. The molecule has 0 aliphatic heterocycles. The third-order valence-corrected chi connectivity index (χ3v) is 3.51. The summed E-state index contributed by atoms with van der Waals surface area (Å²) in [6.07, 6.45) is 0. The van der Waals surface area contributed by atoms with E-state index in [0.717, 1.165) is 12.1 Å². The van der Waals surface area contributed by atoms with Crippen LogP contribution in [0.4, 0.5) is 8.78 Å². The first-order chi connectivity index (χ1) is 10.4. The van der Waals surface area contributed by atoms with Gasteiger partial charge in [0, 0.05) is 5.02 Å². The molecule has 0 saturated heterocycles. The van der Waals surface area contributed by atoms with Gasteiger partial charge < -0.3 is 10.4 Å². The van der Waals surface area contributed by atoms with Gasteiger partial charge in [-0.25, -0.2) is 8.78 Å². The highest BCUT2D eigenvalue weighted by Gasteiger charge is 2.19. The maximum absolute atomic E-state index is 13.8. The topological polar surface area (TPSA) is 49.3 Å². The van der Waals surface area contributed by atoms with Crippen LogP contribution in [0.15, 0.2) is 36.4 Å². The van der Waals surface area contributed by atoms with Gasteiger partial charge in [-0.1, -0.05) is 23.7 Å². The third-order valence-electron chi connectivity index (χ3n) is 3.25. The van der Waals surface area contributed by atoms with E-state index in [0.29, 0.717) is 10.6 Å². The number of hydrogen-bond donors (Lipinski definition) is 2. The monoisotopic (exact) mass is 325 g/mol. The number of aliphatic hydroxyl groups excluding tert-OH is 1. The molecule has 0 radical (unpaired) electrons. The van der Waals surface area contributed by atoms with E-state index in [1.807, 2.05) is 0 Å². The van der Waals surface area contributed by atoms with Gasteiger partial charge >= 0.3 is 0 Å². The highest BCUT2D eigenvalue weighted by atomic mass is 35.5. The predicted molar refractivity (Wildman–Crippen MR) is 79.8 cm³/mol. The quantitative estimate of drug-likeness (QED) is 0.905. The molecule has 0 aliphatic rings. The van der Waals surface area contributed by atoms with Crippen molar-refractivity contribution < 1.29 is 18.7 Å². The second-order valence-electron chi connectivity index (χ2n) is 4.84. The Bertz CT molecular complexity index is 689. The van der Waals surface area contributed by atoms with Crippen LogP contribution < -0.4 is 5.32 Å². The van der Waals surface area contributed by atoms with Crippen molar-refractivity contribution in [2.75, 3.05) is 6.61 Å². The average Bonchev–Trinajstić information content (AvgIpc) is 2.49. The first-order valence-corrected chi connectivity index (χ1v) is 6.93. The smallest absolute Gasteiger partial charge is 0.254 e. The lowest BCUT2D eigenvalue weighted by atomic mass is 10.1. The molecule has 2 aromatic carbocycles. The number of rotatable bonds is 4. The Morgan fingerprint density at radius 1 is 1.23 bits per heavy atom. The summed E-state index contributed by atoms with van der Waals surface area (Å²) >= 11 is 5.77. The number of aliphatic hydroxyl groups is 1. The summed E-state index contributed by atoms with van der Waals surface area (Å²) in [7, 11) is 0. The summed E-state index contributed by atoms with van der Waals surface area (Å²) in [5, 5.41) is 12.4. The first kappa shape index (κ1) is 16.4. The van der Waals surface area contributed by atoms with Crippen LogP contribution in [-0.2, 0) is 0 Å². The van der Waals surface area contributed by atoms with Crippen LogP contribution in [0.2, 0.25) is 5.02 Å². The minimum Gasteiger partial charge on any atom is -0.394 e. The summed E-state index contributed by atoms with van der Waals surface area (Å²) in [6, 6.07) is 7.55. The van der Waals surface area contributed by atoms with Gasteiger partial charge in [-0.2, -0.15) is 0 Å². The van der Waals surface area contributed by atoms with Crippen LogP contribution in [-0.4, -0.2) is 17.6 Å². The highest BCUT2D eigenvalue weighted by molar-refractivity contribution is 6.30. The lowest BCUT2D eigenvalue weighted by Crippen LogP contribution is -2.31. The molecule has 2 N–H and O–H groups in total. The normalized spacial score (nSPS) is 12.0. The molecule has 0 fully saturated rings. The molecule has 1 atom stereocenters. The van der Waals surface area contributed by atoms with Crippen LogP contribution >= 0.6 is 11.6 Å². The summed E-state index contributed by atoms with van der Waals surface area (Å²) in [6.45, 7) is 1.02. The number of carbonyl (C=O) groups excluding carboxylic acids is 1. The molecular weight excluding hydrogens is 312 g/mol. The Hall–Kier alpha value is -1.98. The molecule has 1 unspecified atom stereocenters. The van der Waals surface area contributed by atoms with E-state index in [2.05, 4.69) is 5.32 Å². The van der Waals surface area contributed by atoms with E-state index < -0.39 is 29.1 Å². The molecule has 116 valence electrons. The molecule has 0 spiro atoms. The third kappa shape index (κ3) is 3.61. The van der Waals surface area contributed by atoms with Gasteiger partial charge in [0.1, 0.15) is 11.6 Å². The lowest BCUT2D eigenvalue weighted by Gasteiger charge is -2.17. The molecule has 2 rings (SSSR count). The Labute approximate surface area is 131 Å². The van der Waals surface area contributed by atoms with Gasteiger partial charge in [0.15, 0.2) is 0 Å². The fourth-order valence-corrected chi connectivity index (χ4v) is 2.11. The van der Waals surface area contributed by atoms with Crippen molar-refractivity contribution in [3.8, 4) is 0 Å². The fourth-order valence-electron chi connectivity index (χ4n) is 1.99. The zero-order valence-electron chi connectivity index (χ0n) is 11.7. The number of halogens is 3. The van der Waals surface area contributed by atoms with Gasteiger partial charge in [-0.15, -0.1) is 0 Å². The molecule has 0 bridgehead atoms. The fraction of sp³-hybridized carbons (Fsp3) is 0.188. The SMILES string of the molecule is Cc1cc(F)c(C(=O)NC(CO)c2ccc(Cl)cc2)cc1F. The van der Waals surface area contributed by atoms with Crippen LogP contribution in [0.5, 0.6) is 0 Å². The summed E-state index contributed by atoms with van der Waals surface area (Å²) < 4.78 is 27.3. The number of hydrogen-bond acceptors (Lipinski definition) is 2. The van der Waals surface area contributed by atoms with E-state index in [-0.39, 0.29) is 12.2 Å². The van der Waals surface area contributed by atoms with Gasteiger partial charge in [0.05, 0.1) is 18.2 Å². The molecule has 0 heterocycles. The summed E-state index contributed by atoms with van der Waals surface area (Å²) in [5.74, 6) is -2.28. The van der Waals surface area contributed by atoms with Gasteiger partial charge in [-0.05, 0) is 42.3 Å². The Morgan fingerprint density at radius 2 is 1.86 bits per heavy atom. The van der Waals surface area contributed by atoms with Crippen molar-refractivity contribution in [2.45, 2.75) is 13.0 Å². The molecule has 2 aromatic rings. The van der Waals surface area contributed by atoms with E-state index in [1.54, 1.807) is 24.3 Å². The Kier molecular flexibility index (Phi) is 5.11. The van der Waals surface area contributed by atoms with Crippen LogP contribution in [0, 0.1) is 18.6 Å². The van der Waals surface area contributed by atoms with E-state index in [4.69, 9.17) is 11.6 Å². The molecule has 1 amide bonds. The molecule has 3 nitrogen and oxygen atoms in total. The standard InChI is InChI=1S/C16H14ClF2NO2/c1-9-6-14(19)12(7-13(9)18)16(22)20-15(8-21)10-2-4-11(17)5-3-10/h2-7,15,21H,8H2,1H3,(H,20,22). The largest absolute Gasteiger partial charge is 0.394 e. The predicted octanol–water partition coefficient (Wildman–Crippen LogP) is 3.39. The van der Waals surface area contributed by atoms with Gasteiger partial charge in [0.2, 0.25) is 0 Å². The Balaban J connectivity index is 2.23. The van der Waals surface area contributed by atoms with Crippen molar-refractivity contribution in [1.29, 1.82) is 0 Å². The number of nitrogens with one attached hydrogen (secondary N) is 1. The second kappa shape index (κ2) is 6.85. The van der Waals surface area contributed by atoms with Crippen molar-refractivity contribution in [3.05, 3.63) is 69.7 Å². The zero-order chi connectivity index (χ0) is 16.3. The lowest BCUT2D eigenvalue weighted by molar-refractivity contribution is 0.0911. The first-order valence-electron chi connectivity index (χ1n) is 6.55. The number of amides is 1. The molecule has 0 aromatic heterocycles. The number of benzene rings is 2. The van der Waals surface area contributed by atoms with Gasteiger partial charge in [0.25, 0.3) is 5.91 Å². The van der Waals surface area contributed by atoms with Crippen molar-refractivity contribution in [2.24, 2.45) is 0 Å². The minimum absolute atomic E-state index is 0.116. The number of aryl methyl sites for hydroxylation is 1.